The van der Waals surface area contributed by atoms with Crippen molar-refractivity contribution in [2.24, 2.45) is 0 Å². The smallest absolute Gasteiger partial charge is 0.550 e. The van der Waals surface area contributed by atoms with Gasteiger partial charge in [0.15, 0.2) is 0 Å². The first-order chi connectivity index (χ1) is 19.5. The molecule has 0 heterocycles. The average molecular weight is 618 g/mol. The van der Waals surface area contributed by atoms with E-state index in [1.54, 1.807) is 0 Å². The van der Waals surface area contributed by atoms with Crippen LogP contribution < -0.4 is 10.2 Å². The number of unbranched alkanes of at least 4 members (excludes halogenated alkanes) is 22. The Morgan fingerprint density at radius 1 is 0.390 bits per heavy atom. The Kier molecular flexibility index (Phi) is 44.5. The van der Waals surface area contributed by atoms with Crippen molar-refractivity contribution in [3.8, 4) is 0 Å². The van der Waals surface area contributed by atoms with E-state index in [1.165, 1.54) is 128 Å². The summed E-state index contributed by atoms with van der Waals surface area (Å²) in [6, 6.07) is 0. The Bertz CT molecular complexity index is 524. The summed E-state index contributed by atoms with van der Waals surface area (Å²) in [4.78, 5) is 20.4. The van der Waals surface area contributed by atoms with E-state index >= 15 is 0 Å². The van der Waals surface area contributed by atoms with Crippen molar-refractivity contribution in [3.63, 3.8) is 0 Å². The molecule has 0 saturated heterocycles. The third-order valence-corrected chi connectivity index (χ3v) is 7.29. The molecule has 241 valence electrons. The molecule has 0 bridgehead atoms. The molecule has 0 aromatic rings. The molecule has 0 saturated carbocycles. The van der Waals surface area contributed by atoms with E-state index < -0.39 is 11.9 Å². The number of hydrogen-bond donors (Lipinski definition) is 0. The summed E-state index contributed by atoms with van der Waals surface area (Å²) in [5.74, 6) is -1.83. The molecule has 0 N–H and O–H groups in total. The Hall–Kier alpha value is -1.06. The number of allylic oxidation sites excluding steroid dienone is 4. The second kappa shape index (κ2) is 41.1. The molecular weight excluding hydrogens is 551 g/mol. The van der Waals surface area contributed by atoms with E-state index in [0.29, 0.717) is 0 Å². The van der Waals surface area contributed by atoms with Gasteiger partial charge in [0.1, 0.15) is 0 Å². The van der Waals surface area contributed by atoms with Gasteiger partial charge in [-0.25, -0.2) is 0 Å². The molecule has 0 spiro atoms. The minimum absolute atomic E-state index is 0. The number of rotatable bonds is 30. The van der Waals surface area contributed by atoms with Crippen molar-refractivity contribution in [2.45, 2.75) is 194 Å². The molecule has 4 nitrogen and oxygen atoms in total. The first-order valence-electron chi connectivity index (χ1n) is 17.2. The molecule has 0 atom stereocenters. The van der Waals surface area contributed by atoms with Gasteiger partial charge < -0.3 is 19.8 Å². The van der Waals surface area contributed by atoms with Gasteiger partial charge in [0.2, 0.25) is 0 Å². The van der Waals surface area contributed by atoms with Crippen LogP contribution in [0.5, 0.6) is 0 Å². The summed E-state index contributed by atoms with van der Waals surface area (Å²) in [6.45, 7) is 4.51. The molecular formula is C36H66MnO4. The summed E-state index contributed by atoms with van der Waals surface area (Å²) in [5, 5.41) is 20.4. The molecule has 0 amide bonds. The molecule has 0 aliphatic carbocycles. The Morgan fingerprint density at radius 2 is 0.610 bits per heavy atom. The van der Waals surface area contributed by atoms with Gasteiger partial charge in [-0.15, -0.1) is 0 Å². The molecule has 0 fully saturated rings. The average Bonchev–Trinajstić information content (AvgIpc) is 2.93. The number of carboxylic acids is 2. The first kappa shape index (κ1) is 44.4. The predicted octanol–water partition coefficient (Wildman–Crippen LogP) is 9.55. The third kappa shape index (κ3) is 49.0. The number of hydrogen-bond acceptors (Lipinski definition) is 4. The van der Waals surface area contributed by atoms with Gasteiger partial charge in [-0.2, -0.15) is 0 Å². The maximum atomic E-state index is 10.2. The molecule has 5 heteroatoms. The van der Waals surface area contributed by atoms with E-state index in [9.17, 15) is 19.8 Å². The molecule has 1 radical (unpaired) electrons. The zero-order valence-corrected chi connectivity index (χ0v) is 28.3. The van der Waals surface area contributed by atoms with Crippen molar-refractivity contribution in [1.82, 2.24) is 0 Å². The number of carbonyl (C=O) groups excluding carboxylic acids is 2. The van der Waals surface area contributed by atoms with Crippen molar-refractivity contribution in [2.75, 3.05) is 0 Å². The van der Waals surface area contributed by atoms with Gasteiger partial charge in [-0.05, 0) is 77.0 Å². The maximum Gasteiger partial charge on any atom is 2.00 e. The van der Waals surface area contributed by atoms with Crippen LogP contribution in [-0.2, 0) is 26.7 Å². The van der Waals surface area contributed by atoms with Crippen LogP contribution in [0.1, 0.15) is 194 Å². The monoisotopic (exact) mass is 617 g/mol. The second-order valence-electron chi connectivity index (χ2n) is 11.4. The molecule has 0 aromatic carbocycles. The van der Waals surface area contributed by atoms with Gasteiger partial charge in [-0.3, -0.25) is 0 Å². The Balaban J connectivity index is -0.000000688. The second-order valence-corrected chi connectivity index (χ2v) is 11.4. The molecule has 0 aliphatic rings. The SMILES string of the molecule is CCCCCCCC/C=C\CCCCCCCC(=O)[O-].CCCCCCCC/C=C\CCCCCCCC(=O)[O-].[Mn+2]. The maximum absolute atomic E-state index is 10.2. The van der Waals surface area contributed by atoms with Crippen molar-refractivity contribution >= 4 is 11.9 Å². The third-order valence-electron chi connectivity index (χ3n) is 7.29. The van der Waals surface area contributed by atoms with E-state index in [0.717, 1.165) is 38.5 Å². The van der Waals surface area contributed by atoms with E-state index in [1.807, 2.05) is 0 Å². The van der Waals surface area contributed by atoms with E-state index in [2.05, 4.69) is 38.2 Å². The fraction of sp³-hybridized carbons (Fsp3) is 0.833. The molecule has 0 rings (SSSR count). The molecule has 0 unspecified atom stereocenters. The zero-order valence-electron chi connectivity index (χ0n) is 27.1. The van der Waals surface area contributed by atoms with E-state index in [-0.39, 0.29) is 29.9 Å². The quantitative estimate of drug-likeness (QED) is 0.0457. The van der Waals surface area contributed by atoms with Crippen LogP contribution in [-0.4, -0.2) is 11.9 Å². The largest absolute Gasteiger partial charge is 2.00 e. The van der Waals surface area contributed by atoms with Crippen LogP contribution in [0, 0.1) is 0 Å². The Labute approximate surface area is 266 Å². The molecule has 0 aromatic heterocycles. The first-order valence-corrected chi connectivity index (χ1v) is 17.2. The Morgan fingerprint density at radius 3 is 0.854 bits per heavy atom. The number of aliphatic carboxylic acids is 2. The predicted molar refractivity (Wildman–Crippen MR) is 169 cm³/mol. The number of carbonyl (C=O) groups is 2. The normalized spacial score (nSPS) is 11.0. The summed E-state index contributed by atoms with van der Waals surface area (Å²) >= 11 is 0. The van der Waals surface area contributed by atoms with E-state index in [4.69, 9.17) is 0 Å². The van der Waals surface area contributed by atoms with Crippen LogP contribution >= 0.6 is 0 Å². The topological polar surface area (TPSA) is 80.3 Å². The minimum Gasteiger partial charge on any atom is -0.550 e. The van der Waals surface area contributed by atoms with Crippen molar-refractivity contribution in [3.05, 3.63) is 24.3 Å². The van der Waals surface area contributed by atoms with Gasteiger partial charge in [-0.1, -0.05) is 141 Å². The summed E-state index contributed by atoms with van der Waals surface area (Å²) < 4.78 is 0. The van der Waals surface area contributed by atoms with Gasteiger partial charge >= 0.3 is 17.1 Å². The summed E-state index contributed by atoms with van der Waals surface area (Å²) in [5.41, 5.74) is 0. The fourth-order valence-electron chi connectivity index (χ4n) is 4.68. The summed E-state index contributed by atoms with van der Waals surface area (Å²) in [6.07, 6.45) is 41.8. The van der Waals surface area contributed by atoms with Crippen LogP contribution in [0.4, 0.5) is 0 Å². The standard InChI is InChI=1S/2C18H34O2.Mn/c2*1-2-3-4-5-6-7-8-9-10-11-12-13-14-15-16-17-18(19)20;/h2*9-10H,2-8,11-17H2,1H3,(H,19,20);/q;;+2/p-2/b2*10-9-;. The van der Waals surface area contributed by atoms with Crippen LogP contribution in [0.2, 0.25) is 0 Å². The molecule has 41 heavy (non-hydrogen) atoms. The number of carboxylic acid groups (broad SMARTS) is 2. The zero-order chi connectivity index (χ0) is 29.8. The minimum atomic E-state index is -0.914. The van der Waals surface area contributed by atoms with Crippen LogP contribution in [0.25, 0.3) is 0 Å². The van der Waals surface area contributed by atoms with Gasteiger partial charge in [0, 0.05) is 11.9 Å². The van der Waals surface area contributed by atoms with Gasteiger partial charge in [0.05, 0.1) is 0 Å². The van der Waals surface area contributed by atoms with Crippen molar-refractivity contribution < 1.29 is 36.9 Å². The van der Waals surface area contributed by atoms with Crippen molar-refractivity contribution in [1.29, 1.82) is 0 Å². The summed E-state index contributed by atoms with van der Waals surface area (Å²) in [7, 11) is 0. The van der Waals surface area contributed by atoms with Crippen LogP contribution in [0.3, 0.4) is 0 Å². The molecule has 0 aliphatic heterocycles. The van der Waals surface area contributed by atoms with Crippen LogP contribution in [0.15, 0.2) is 24.3 Å². The van der Waals surface area contributed by atoms with Gasteiger partial charge in [0.25, 0.3) is 0 Å². The fourth-order valence-corrected chi connectivity index (χ4v) is 4.68.